The molecule has 1 saturated carbocycles. The Morgan fingerprint density at radius 2 is 1.65 bits per heavy atom. The number of aryl methyl sites for hydroxylation is 2. The van der Waals surface area contributed by atoms with E-state index >= 15 is 0 Å². The van der Waals surface area contributed by atoms with Gasteiger partial charge in [0.15, 0.2) is 0 Å². The van der Waals surface area contributed by atoms with Crippen LogP contribution in [0.3, 0.4) is 0 Å². The molecule has 1 aromatic carbocycles. The quantitative estimate of drug-likeness (QED) is 0.845. The molecular formula is C19H25N3O. The van der Waals surface area contributed by atoms with Crippen molar-refractivity contribution in [1.29, 1.82) is 0 Å². The van der Waals surface area contributed by atoms with E-state index in [2.05, 4.69) is 16.9 Å². The Bertz CT molecular complexity index is 733. The summed E-state index contributed by atoms with van der Waals surface area (Å²) >= 11 is 0. The first-order valence-electron chi connectivity index (χ1n) is 8.48. The molecule has 1 aliphatic carbocycles. The van der Waals surface area contributed by atoms with E-state index in [0.29, 0.717) is 11.6 Å². The van der Waals surface area contributed by atoms with Gasteiger partial charge >= 0.3 is 0 Å². The van der Waals surface area contributed by atoms with Gasteiger partial charge in [0, 0.05) is 18.7 Å². The number of hydrogen-bond acceptors (Lipinski definition) is 3. The summed E-state index contributed by atoms with van der Waals surface area (Å²) in [6.07, 6.45) is 4.64. The Kier molecular flexibility index (Phi) is 4.33. The summed E-state index contributed by atoms with van der Waals surface area (Å²) in [4.78, 5) is 23.8. The van der Waals surface area contributed by atoms with Crippen LogP contribution in [0.2, 0.25) is 0 Å². The third-order valence-electron chi connectivity index (χ3n) is 5.18. The van der Waals surface area contributed by atoms with Gasteiger partial charge in [-0.15, -0.1) is 0 Å². The van der Waals surface area contributed by atoms with Crippen LogP contribution in [-0.4, -0.2) is 33.9 Å². The third-order valence-corrected chi connectivity index (χ3v) is 5.18. The largest absolute Gasteiger partial charge is 0.339 e. The summed E-state index contributed by atoms with van der Waals surface area (Å²) in [5, 5.41) is 0. The van der Waals surface area contributed by atoms with Gasteiger partial charge in [0.05, 0.1) is 22.4 Å². The van der Waals surface area contributed by atoms with Crippen LogP contribution < -0.4 is 0 Å². The topological polar surface area (TPSA) is 46.1 Å². The van der Waals surface area contributed by atoms with Crippen LogP contribution in [0.4, 0.5) is 0 Å². The Balaban J connectivity index is 1.84. The lowest BCUT2D eigenvalue weighted by Crippen LogP contribution is -2.39. The summed E-state index contributed by atoms with van der Waals surface area (Å²) in [5.41, 5.74) is 4.20. The predicted molar refractivity (Wildman–Crippen MR) is 92.5 cm³/mol. The minimum Gasteiger partial charge on any atom is -0.339 e. The van der Waals surface area contributed by atoms with Gasteiger partial charge in [-0.2, -0.15) is 0 Å². The minimum absolute atomic E-state index is 0.0893. The molecule has 0 bridgehead atoms. The number of amides is 1. The second kappa shape index (κ2) is 6.26. The molecule has 0 N–H and O–H groups in total. The smallest absolute Gasteiger partial charge is 0.253 e. The first-order valence-corrected chi connectivity index (χ1v) is 8.48. The molecule has 1 aromatic heterocycles. The second-order valence-electron chi connectivity index (χ2n) is 6.93. The van der Waals surface area contributed by atoms with Crippen molar-refractivity contribution in [1.82, 2.24) is 14.9 Å². The van der Waals surface area contributed by atoms with E-state index in [0.717, 1.165) is 41.2 Å². The van der Waals surface area contributed by atoms with Gasteiger partial charge in [-0.05, 0) is 63.6 Å². The molecule has 0 spiro atoms. The monoisotopic (exact) mass is 311 g/mol. The van der Waals surface area contributed by atoms with Gasteiger partial charge < -0.3 is 4.90 Å². The Hall–Kier alpha value is -1.97. The molecule has 4 nitrogen and oxygen atoms in total. The maximum atomic E-state index is 12.8. The van der Waals surface area contributed by atoms with E-state index < -0.39 is 0 Å². The minimum atomic E-state index is 0.0893. The highest BCUT2D eigenvalue weighted by atomic mass is 16.2. The van der Waals surface area contributed by atoms with Crippen molar-refractivity contribution in [3.05, 3.63) is 35.2 Å². The zero-order chi connectivity index (χ0) is 16.6. The number of rotatable bonds is 2. The standard InChI is InChI=1S/C19H25N3O/c1-12-5-8-16(9-6-12)22(4)19(23)15-7-10-17-18(11-15)21-14(3)13(2)20-17/h7,10-12,16H,5-6,8-9H2,1-4H3. The predicted octanol–water partition coefficient (Wildman–Crippen LogP) is 3.90. The zero-order valence-corrected chi connectivity index (χ0v) is 14.5. The van der Waals surface area contributed by atoms with Gasteiger partial charge in [-0.25, -0.2) is 9.97 Å². The van der Waals surface area contributed by atoms with Crippen LogP contribution in [0, 0.1) is 19.8 Å². The van der Waals surface area contributed by atoms with Crippen molar-refractivity contribution in [2.75, 3.05) is 7.05 Å². The zero-order valence-electron chi connectivity index (χ0n) is 14.5. The molecule has 0 unspecified atom stereocenters. The van der Waals surface area contributed by atoms with Crippen molar-refractivity contribution in [3.8, 4) is 0 Å². The average molecular weight is 311 g/mol. The van der Waals surface area contributed by atoms with E-state index in [1.165, 1.54) is 12.8 Å². The molecule has 0 saturated heterocycles. The highest BCUT2D eigenvalue weighted by molar-refractivity contribution is 5.97. The fourth-order valence-corrected chi connectivity index (χ4v) is 3.36. The van der Waals surface area contributed by atoms with Crippen LogP contribution >= 0.6 is 0 Å². The third kappa shape index (κ3) is 3.21. The van der Waals surface area contributed by atoms with Crippen molar-refractivity contribution in [2.24, 2.45) is 5.92 Å². The van der Waals surface area contributed by atoms with Crippen LogP contribution in [0.25, 0.3) is 11.0 Å². The molecule has 3 rings (SSSR count). The van der Waals surface area contributed by atoms with Crippen LogP contribution in [0.1, 0.15) is 54.4 Å². The molecule has 0 atom stereocenters. The first kappa shape index (κ1) is 15.9. The summed E-state index contributed by atoms with van der Waals surface area (Å²) in [7, 11) is 1.93. The van der Waals surface area contributed by atoms with Crippen molar-refractivity contribution in [2.45, 2.75) is 52.5 Å². The van der Waals surface area contributed by atoms with Crippen molar-refractivity contribution in [3.63, 3.8) is 0 Å². The number of aromatic nitrogens is 2. The normalized spacial score (nSPS) is 21.4. The Labute approximate surface area is 137 Å². The first-order chi connectivity index (χ1) is 11.0. The average Bonchev–Trinajstić information content (AvgIpc) is 2.55. The summed E-state index contributed by atoms with van der Waals surface area (Å²) in [5.74, 6) is 0.878. The highest BCUT2D eigenvalue weighted by Crippen LogP contribution is 2.27. The van der Waals surface area contributed by atoms with E-state index in [-0.39, 0.29) is 5.91 Å². The fourth-order valence-electron chi connectivity index (χ4n) is 3.36. The Morgan fingerprint density at radius 1 is 1.04 bits per heavy atom. The maximum Gasteiger partial charge on any atom is 0.253 e. The van der Waals surface area contributed by atoms with Crippen molar-refractivity contribution >= 4 is 16.9 Å². The molecule has 0 radical (unpaired) electrons. The lowest BCUT2D eigenvalue weighted by Gasteiger charge is -2.33. The van der Waals surface area contributed by atoms with E-state index in [1.54, 1.807) is 0 Å². The maximum absolute atomic E-state index is 12.8. The summed E-state index contributed by atoms with van der Waals surface area (Å²) in [6.45, 7) is 6.20. The fraction of sp³-hybridized carbons (Fsp3) is 0.526. The molecule has 122 valence electrons. The molecule has 1 aliphatic rings. The van der Waals surface area contributed by atoms with Crippen LogP contribution in [0.5, 0.6) is 0 Å². The molecule has 23 heavy (non-hydrogen) atoms. The molecule has 4 heteroatoms. The Morgan fingerprint density at radius 3 is 2.30 bits per heavy atom. The molecule has 1 heterocycles. The number of fused-ring (bicyclic) bond motifs is 1. The second-order valence-corrected chi connectivity index (χ2v) is 6.93. The van der Waals surface area contributed by atoms with E-state index in [4.69, 9.17) is 0 Å². The number of carbonyl (C=O) groups is 1. The van der Waals surface area contributed by atoms with Gasteiger partial charge in [0.2, 0.25) is 0 Å². The van der Waals surface area contributed by atoms with Crippen LogP contribution in [0.15, 0.2) is 18.2 Å². The van der Waals surface area contributed by atoms with Crippen molar-refractivity contribution < 1.29 is 4.79 Å². The number of nitrogens with zero attached hydrogens (tertiary/aromatic N) is 3. The van der Waals surface area contributed by atoms with Gasteiger partial charge in [0.1, 0.15) is 0 Å². The SMILES string of the molecule is Cc1nc2ccc(C(=O)N(C)C3CCC(C)CC3)cc2nc1C. The number of hydrogen-bond donors (Lipinski definition) is 0. The molecule has 1 amide bonds. The molecule has 2 aromatic rings. The van der Waals surface area contributed by atoms with Crippen LogP contribution in [-0.2, 0) is 0 Å². The summed E-state index contributed by atoms with van der Waals surface area (Å²) < 4.78 is 0. The molecule has 1 fully saturated rings. The lowest BCUT2D eigenvalue weighted by atomic mass is 9.86. The molecular weight excluding hydrogens is 286 g/mol. The van der Waals surface area contributed by atoms with Gasteiger partial charge in [-0.1, -0.05) is 6.92 Å². The van der Waals surface area contributed by atoms with E-state index in [9.17, 15) is 4.79 Å². The summed E-state index contributed by atoms with van der Waals surface area (Å²) in [6, 6.07) is 6.01. The number of carbonyl (C=O) groups excluding carboxylic acids is 1. The lowest BCUT2D eigenvalue weighted by molar-refractivity contribution is 0.0679. The number of benzene rings is 1. The van der Waals surface area contributed by atoms with E-state index in [1.807, 2.05) is 44.0 Å². The molecule has 0 aliphatic heterocycles. The highest BCUT2D eigenvalue weighted by Gasteiger charge is 2.25. The van der Waals surface area contributed by atoms with Gasteiger partial charge in [0.25, 0.3) is 5.91 Å². The van der Waals surface area contributed by atoms with Gasteiger partial charge in [-0.3, -0.25) is 4.79 Å².